The third kappa shape index (κ3) is 6.91. The molecule has 0 saturated carbocycles. The second-order valence-corrected chi connectivity index (χ2v) is 10.2. The van der Waals surface area contributed by atoms with Crippen LogP contribution in [0.15, 0.2) is 36.4 Å². The summed E-state index contributed by atoms with van der Waals surface area (Å²) in [5.74, 6) is 0.837. The molecule has 0 aliphatic carbocycles. The van der Waals surface area contributed by atoms with E-state index in [2.05, 4.69) is 49.0 Å². The van der Waals surface area contributed by atoms with E-state index in [1.165, 1.54) is 25.7 Å². The second kappa shape index (κ2) is 12.3. The molecule has 35 heavy (non-hydrogen) atoms. The van der Waals surface area contributed by atoms with Crippen LogP contribution < -0.4 is 19.7 Å². The lowest BCUT2D eigenvalue weighted by Crippen LogP contribution is -2.44. The van der Waals surface area contributed by atoms with Gasteiger partial charge in [0, 0.05) is 37.6 Å². The molecule has 0 spiro atoms. The number of piperazine rings is 1. The van der Waals surface area contributed by atoms with Crippen molar-refractivity contribution in [3.05, 3.63) is 47.5 Å². The third-order valence-electron chi connectivity index (χ3n) is 7.14. The number of methoxy groups -OCH3 is 2. The highest BCUT2D eigenvalue weighted by atomic mass is 16.5. The highest BCUT2D eigenvalue weighted by molar-refractivity contribution is 6.08. The number of carbonyl (C=O) groups excluding carboxylic acids is 1. The predicted octanol–water partition coefficient (Wildman–Crippen LogP) is 5.96. The Bertz CT molecular complexity index is 956. The molecule has 1 fully saturated rings. The first-order valence-electron chi connectivity index (χ1n) is 12.9. The van der Waals surface area contributed by atoms with Gasteiger partial charge in [-0.05, 0) is 54.8 Å². The first-order valence-corrected chi connectivity index (χ1v) is 12.9. The van der Waals surface area contributed by atoms with E-state index in [1.54, 1.807) is 14.2 Å². The smallest absolute Gasteiger partial charge is 0.263 e. The molecule has 1 saturated heterocycles. The molecule has 0 atom stereocenters. The zero-order chi connectivity index (χ0) is 25.4. The van der Waals surface area contributed by atoms with Gasteiger partial charge in [-0.25, -0.2) is 0 Å². The molecule has 1 amide bonds. The molecule has 0 aromatic heterocycles. The number of rotatable bonds is 11. The minimum absolute atomic E-state index is 0.0415. The van der Waals surface area contributed by atoms with Gasteiger partial charge >= 0.3 is 0 Å². The van der Waals surface area contributed by atoms with Crippen LogP contribution in [0.1, 0.15) is 68.8 Å². The molecular weight excluding hydrogens is 438 g/mol. The molecular formula is C29H43N3O3. The molecule has 0 unspecified atom stereocenters. The number of amides is 1. The highest BCUT2D eigenvalue weighted by Crippen LogP contribution is 2.38. The Labute approximate surface area is 211 Å². The van der Waals surface area contributed by atoms with Gasteiger partial charge in [0.25, 0.3) is 5.91 Å². The van der Waals surface area contributed by atoms with E-state index in [9.17, 15) is 4.79 Å². The molecule has 1 N–H and O–H groups in total. The molecule has 3 rings (SSSR count). The van der Waals surface area contributed by atoms with E-state index in [-0.39, 0.29) is 11.3 Å². The van der Waals surface area contributed by atoms with Gasteiger partial charge in [0.1, 0.15) is 17.1 Å². The summed E-state index contributed by atoms with van der Waals surface area (Å²) in [4.78, 5) is 18.1. The van der Waals surface area contributed by atoms with Crippen LogP contribution in [0.25, 0.3) is 0 Å². The van der Waals surface area contributed by atoms with E-state index in [0.717, 1.165) is 49.5 Å². The van der Waals surface area contributed by atoms with Crippen LogP contribution >= 0.6 is 0 Å². The van der Waals surface area contributed by atoms with Crippen molar-refractivity contribution in [2.45, 2.75) is 58.3 Å². The van der Waals surface area contributed by atoms with Crippen molar-refractivity contribution in [2.24, 2.45) is 0 Å². The minimum Gasteiger partial charge on any atom is -0.496 e. The quantitative estimate of drug-likeness (QED) is 0.402. The van der Waals surface area contributed by atoms with Crippen LogP contribution in [0.2, 0.25) is 0 Å². The molecule has 1 aliphatic heterocycles. The first kappa shape index (κ1) is 26.9. The fourth-order valence-electron chi connectivity index (χ4n) is 4.70. The molecule has 1 heterocycles. The number of ether oxygens (including phenoxy) is 2. The number of likely N-dealkylation sites (N-methyl/N-ethyl adjacent to an activating group) is 1. The first-order chi connectivity index (χ1) is 16.8. The monoisotopic (exact) mass is 481 g/mol. The van der Waals surface area contributed by atoms with Crippen molar-refractivity contribution >= 4 is 17.3 Å². The van der Waals surface area contributed by atoms with Gasteiger partial charge in [-0.2, -0.15) is 0 Å². The van der Waals surface area contributed by atoms with Crippen LogP contribution in [0, 0.1) is 0 Å². The Hall–Kier alpha value is -2.73. The summed E-state index contributed by atoms with van der Waals surface area (Å²) in [7, 11) is 5.36. The van der Waals surface area contributed by atoms with Crippen molar-refractivity contribution in [1.82, 2.24) is 4.90 Å². The van der Waals surface area contributed by atoms with Gasteiger partial charge in [-0.3, -0.25) is 4.79 Å². The number of nitrogens with one attached hydrogen (secondary N) is 1. The largest absolute Gasteiger partial charge is 0.496 e. The summed E-state index contributed by atoms with van der Waals surface area (Å²) >= 11 is 0. The maximum Gasteiger partial charge on any atom is 0.263 e. The van der Waals surface area contributed by atoms with Gasteiger partial charge in [0.2, 0.25) is 0 Å². The fraction of sp³-hybridized carbons (Fsp3) is 0.552. The Morgan fingerprint density at radius 1 is 0.971 bits per heavy atom. The molecule has 6 nitrogen and oxygen atoms in total. The lowest BCUT2D eigenvalue weighted by atomic mass is 9.79. The number of unbranched alkanes of at least 4 members (excludes halogenated alkanes) is 3. The molecule has 6 heteroatoms. The number of nitrogens with zero attached hydrogens (tertiary/aromatic N) is 2. The van der Waals surface area contributed by atoms with E-state index in [4.69, 9.17) is 9.47 Å². The Balaban J connectivity index is 1.81. The van der Waals surface area contributed by atoms with Gasteiger partial charge in [-0.1, -0.05) is 52.5 Å². The zero-order valence-electron chi connectivity index (χ0n) is 22.4. The Morgan fingerprint density at radius 2 is 1.63 bits per heavy atom. The van der Waals surface area contributed by atoms with Crippen molar-refractivity contribution < 1.29 is 14.3 Å². The SMILES string of the molecule is CCCCCCC(C)(C)c1cc(OC)c(C(=O)Nc2cccc(N3CCN(C)CC3)c2)c(OC)c1. The molecule has 0 bridgehead atoms. The van der Waals surface area contributed by atoms with Gasteiger partial charge in [-0.15, -0.1) is 0 Å². The van der Waals surface area contributed by atoms with E-state index < -0.39 is 0 Å². The van der Waals surface area contributed by atoms with E-state index >= 15 is 0 Å². The van der Waals surface area contributed by atoms with Crippen LogP contribution in [0.4, 0.5) is 11.4 Å². The fourth-order valence-corrected chi connectivity index (χ4v) is 4.70. The summed E-state index contributed by atoms with van der Waals surface area (Å²) in [5, 5.41) is 3.07. The number of hydrogen-bond donors (Lipinski definition) is 1. The number of hydrogen-bond acceptors (Lipinski definition) is 5. The van der Waals surface area contributed by atoms with Crippen LogP contribution in [0.5, 0.6) is 11.5 Å². The van der Waals surface area contributed by atoms with Crippen LogP contribution in [-0.4, -0.2) is 58.3 Å². The van der Waals surface area contributed by atoms with Gasteiger partial charge in [0.05, 0.1) is 14.2 Å². The van der Waals surface area contributed by atoms with Crippen molar-refractivity contribution in [3.63, 3.8) is 0 Å². The average Bonchev–Trinajstić information content (AvgIpc) is 2.86. The summed E-state index contributed by atoms with van der Waals surface area (Å²) < 4.78 is 11.4. The zero-order valence-corrected chi connectivity index (χ0v) is 22.4. The second-order valence-electron chi connectivity index (χ2n) is 10.2. The summed E-state index contributed by atoms with van der Waals surface area (Å²) in [6.45, 7) is 10.7. The highest BCUT2D eigenvalue weighted by Gasteiger charge is 2.27. The Morgan fingerprint density at radius 3 is 2.23 bits per heavy atom. The Kier molecular flexibility index (Phi) is 9.44. The average molecular weight is 482 g/mol. The lowest BCUT2D eigenvalue weighted by Gasteiger charge is -2.34. The van der Waals surface area contributed by atoms with E-state index in [0.29, 0.717) is 17.1 Å². The standard InChI is InChI=1S/C29H43N3O3/c1-7-8-9-10-14-29(2,3)22-19-25(34-5)27(26(20-22)35-6)28(33)30-23-12-11-13-24(21-23)32-17-15-31(4)16-18-32/h11-13,19-21H,7-10,14-18H2,1-6H3,(H,30,33). The number of carbonyl (C=O) groups is 1. The lowest BCUT2D eigenvalue weighted by molar-refractivity contribution is 0.102. The van der Waals surface area contributed by atoms with Crippen molar-refractivity contribution in [1.29, 1.82) is 0 Å². The topological polar surface area (TPSA) is 54.0 Å². The summed E-state index contributed by atoms with van der Waals surface area (Å²) in [5.41, 5.74) is 3.38. The molecule has 2 aromatic rings. The molecule has 192 valence electrons. The maximum atomic E-state index is 13.4. The number of anilines is 2. The summed E-state index contributed by atoms with van der Waals surface area (Å²) in [6.07, 6.45) is 5.98. The molecule has 2 aromatic carbocycles. The van der Waals surface area contributed by atoms with Crippen molar-refractivity contribution in [2.75, 3.05) is 57.7 Å². The molecule has 1 aliphatic rings. The predicted molar refractivity (Wildman–Crippen MR) is 145 cm³/mol. The summed E-state index contributed by atoms with van der Waals surface area (Å²) in [6, 6.07) is 12.0. The van der Waals surface area contributed by atoms with Crippen LogP contribution in [-0.2, 0) is 5.41 Å². The molecule has 0 radical (unpaired) electrons. The van der Waals surface area contributed by atoms with Gasteiger partial charge < -0.3 is 24.6 Å². The normalized spacial score (nSPS) is 14.6. The minimum atomic E-state index is -0.235. The van der Waals surface area contributed by atoms with E-state index in [1.807, 2.05) is 30.3 Å². The number of benzene rings is 2. The van der Waals surface area contributed by atoms with Gasteiger partial charge in [0.15, 0.2) is 0 Å². The van der Waals surface area contributed by atoms with Crippen LogP contribution in [0.3, 0.4) is 0 Å². The third-order valence-corrected chi connectivity index (χ3v) is 7.14. The maximum absolute atomic E-state index is 13.4. The van der Waals surface area contributed by atoms with Crippen molar-refractivity contribution in [3.8, 4) is 11.5 Å².